The Kier molecular flexibility index (Phi) is 9.12. The van der Waals surface area contributed by atoms with Crippen LogP contribution < -0.4 is 14.8 Å². The van der Waals surface area contributed by atoms with Gasteiger partial charge < -0.3 is 19.9 Å². The van der Waals surface area contributed by atoms with Gasteiger partial charge in [0.1, 0.15) is 6.61 Å². The summed E-state index contributed by atoms with van der Waals surface area (Å²) in [6.07, 6.45) is 6.87. The van der Waals surface area contributed by atoms with Crippen LogP contribution in [0.2, 0.25) is 0 Å². The number of fused-ring (bicyclic) bond motifs is 1. The van der Waals surface area contributed by atoms with Gasteiger partial charge in [-0.05, 0) is 92.2 Å². The van der Waals surface area contributed by atoms with E-state index < -0.39 is 12.0 Å². The predicted molar refractivity (Wildman–Crippen MR) is 154 cm³/mol. The van der Waals surface area contributed by atoms with Crippen LogP contribution in [0.15, 0.2) is 36.4 Å². The summed E-state index contributed by atoms with van der Waals surface area (Å²) in [5.74, 6) is 0.480. The molecule has 9 heteroatoms. The molecule has 5 rings (SSSR count). The zero-order valence-electron chi connectivity index (χ0n) is 24.1. The van der Waals surface area contributed by atoms with E-state index in [0.29, 0.717) is 17.4 Å². The van der Waals surface area contributed by atoms with Crippen LogP contribution in [-0.2, 0) is 29.0 Å². The molecule has 3 amide bonds. The van der Waals surface area contributed by atoms with Crippen LogP contribution in [0.1, 0.15) is 67.3 Å². The molecule has 9 nitrogen and oxygen atoms in total. The summed E-state index contributed by atoms with van der Waals surface area (Å²) in [7, 11) is 1.61. The summed E-state index contributed by atoms with van der Waals surface area (Å²) >= 11 is 0. The van der Waals surface area contributed by atoms with Crippen molar-refractivity contribution in [3.8, 4) is 11.5 Å². The standard InChI is InChI=1S/C32H41N3O6/c1-21(26-12-11-24-4-3-5-27(24)17-26)34(19-22-6-9-25(10-7-22)31(37)38)20-23-8-13-28(29(16-23)40-2)41-15-14-35-30(36)18-33-32(35)39/h8,11-13,16-17,21-22,25H,3-7,9-10,14-15,18-20H2,1-2H3,(H,33,39)(H,37,38)/t21?,22-,25-. The minimum absolute atomic E-state index is 0.0260. The van der Waals surface area contributed by atoms with Gasteiger partial charge in [-0.3, -0.25) is 19.4 Å². The topological polar surface area (TPSA) is 108 Å². The lowest BCUT2D eigenvalue weighted by molar-refractivity contribution is -0.143. The molecule has 2 aromatic rings. The number of hydrogen-bond donors (Lipinski definition) is 2. The molecule has 220 valence electrons. The average Bonchev–Trinajstić information content (AvgIpc) is 3.58. The van der Waals surface area contributed by atoms with Crippen LogP contribution in [0.3, 0.4) is 0 Å². The highest BCUT2D eigenvalue weighted by Gasteiger charge is 2.30. The van der Waals surface area contributed by atoms with Crippen molar-refractivity contribution in [2.24, 2.45) is 11.8 Å². The summed E-state index contributed by atoms with van der Waals surface area (Å²) in [5, 5.41) is 12.0. The van der Waals surface area contributed by atoms with E-state index in [1.165, 1.54) is 23.1 Å². The van der Waals surface area contributed by atoms with E-state index in [-0.39, 0.29) is 37.6 Å². The lowest BCUT2D eigenvalue weighted by Gasteiger charge is -2.35. The van der Waals surface area contributed by atoms with Crippen molar-refractivity contribution >= 4 is 17.9 Å². The van der Waals surface area contributed by atoms with Gasteiger partial charge in [0.2, 0.25) is 5.91 Å². The van der Waals surface area contributed by atoms with E-state index >= 15 is 0 Å². The summed E-state index contributed by atoms with van der Waals surface area (Å²) < 4.78 is 11.5. The molecule has 2 fully saturated rings. The molecular formula is C32H41N3O6. The van der Waals surface area contributed by atoms with Crippen molar-refractivity contribution in [3.63, 3.8) is 0 Å². The third kappa shape index (κ3) is 6.84. The molecule has 1 heterocycles. The number of carbonyl (C=O) groups is 3. The number of imide groups is 1. The maximum atomic E-state index is 11.8. The zero-order valence-corrected chi connectivity index (χ0v) is 24.1. The van der Waals surface area contributed by atoms with Crippen LogP contribution in [0.25, 0.3) is 0 Å². The Morgan fingerprint density at radius 2 is 1.85 bits per heavy atom. The van der Waals surface area contributed by atoms with E-state index in [0.717, 1.165) is 62.1 Å². The van der Waals surface area contributed by atoms with E-state index in [4.69, 9.17) is 9.47 Å². The summed E-state index contributed by atoms with van der Waals surface area (Å²) in [5.41, 5.74) is 5.34. The lowest BCUT2D eigenvalue weighted by atomic mass is 9.81. The second kappa shape index (κ2) is 12.9. The Hall–Kier alpha value is -3.59. The number of hydrogen-bond acceptors (Lipinski definition) is 6. The summed E-state index contributed by atoms with van der Waals surface area (Å²) in [6, 6.07) is 12.7. The molecule has 0 aromatic heterocycles. The number of nitrogens with one attached hydrogen (secondary N) is 1. The molecule has 41 heavy (non-hydrogen) atoms. The van der Waals surface area contributed by atoms with Gasteiger partial charge in [0, 0.05) is 19.1 Å². The van der Waals surface area contributed by atoms with Gasteiger partial charge in [-0.25, -0.2) is 4.79 Å². The van der Waals surface area contributed by atoms with Gasteiger partial charge in [0.15, 0.2) is 11.5 Å². The van der Waals surface area contributed by atoms with Crippen LogP contribution in [-0.4, -0.2) is 66.2 Å². The first-order chi connectivity index (χ1) is 19.8. The number of ether oxygens (including phenoxy) is 2. The monoisotopic (exact) mass is 563 g/mol. The van der Waals surface area contributed by atoms with Crippen molar-refractivity contribution < 1.29 is 29.0 Å². The highest BCUT2D eigenvalue weighted by molar-refractivity contribution is 6.01. The molecule has 1 unspecified atom stereocenters. The van der Waals surface area contributed by atoms with Gasteiger partial charge in [-0.15, -0.1) is 0 Å². The molecule has 1 atom stereocenters. The van der Waals surface area contributed by atoms with Crippen LogP contribution in [0.5, 0.6) is 11.5 Å². The average molecular weight is 564 g/mol. The third-order valence-corrected chi connectivity index (χ3v) is 8.96. The lowest BCUT2D eigenvalue weighted by Crippen LogP contribution is -2.34. The number of amides is 3. The second-order valence-electron chi connectivity index (χ2n) is 11.6. The minimum atomic E-state index is -0.670. The summed E-state index contributed by atoms with van der Waals surface area (Å²) in [6.45, 7) is 4.26. The number of benzene rings is 2. The van der Waals surface area contributed by atoms with E-state index in [1.54, 1.807) is 7.11 Å². The molecule has 1 aliphatic heterocycles. The fourth-order valence-electron chi connectivity index (χ4n) is 6.44. The first-order valence-electron chi connectivity index (χ1n) is 14.8. The Bertz CT molecular complexity index is 1260. The van der Waals surface area contributed by atoms with Gasteiger partial charge in [-0.1, -0.05) is 24.3 Å². The van der Waals surface area contributed by atoms with E-state index in [9.17, 15) is 19.5 Å². The molecule has 1 saturated carbocycles. The number of aliphatic carboxylic acids is 1. The first kappa shape index (κ1) is 28.9. The van der Waals surface area contributed by atoms with Crippen molar-refractivity contribution in [3.05, 3.63) is 58.7 Å². The first-order valence-corrected chi connectivity index (χ1v) is 14.8. The largest absolute Gasteiger partial charge is 0.493 e. The highest BCUT2D eigenvalue weighted by atomic mass is 16.5. The Morgan fingerprint density at radius 3 is 2.56 bits per heavy atom. The minimum Gasteiger partial charge on any atom is -0.493 e. The predicted octanol–water partition coefficient (Wildman–Crippen LogP) is 4.57. The normalized spacial score (nSPS) is 21.1. The van der Waals surface area contributed by atoms with Crippen LogP contribution in [0.4, 0.5) is 4.79 Å². The van der Waals surface area contributed by atoms with E-state index in [1.807, 2.05) is 18.2 Å². The Balaban J connectivity index is 1.29. The molecule has 3 aliphatic rings. The number of methoxy groups -OCH3 is 1. The molecule has 0 radical (unpaired) electrons. The third-order valence-electron chi connectivity index (χ3n) is 8.96. The van der Waals surface area contributed by atoms with Crippen molar-refractivity contribution in [1.82, 2.24) is 15.1 Å². The molecular weight excluding hydrogens is 522 g/mol. The quantitative estimate of drug-likeness (QED) is 0.364. The number of urea groups is 1. The fourth-order valence-corrected chi connectivity index (χ4v) is 6.44. The van der Waals surface area contributed by atoms with Gasteiger partial charge in [0.25, 0.3) is 0 Å². The smallest absolute Gasteiger partial charge is 0.324 e. The maximum Gasteiger partial charge on any atom is 0.324 e. The maximum absolute atomic E-state index is 11.8. The van der Waals surface area contributed by atoms with Gasteiger partial charge in [0.05, 0.1) is 26.1 Å². The fraction of sp³-hybridized carbons (Fsp3) is 0.531. The SMILES string of the molecule is COc1cc(CN(C[C@H]2CC[C@H](C(=O)O)CC2)C(C)c2ccc3c(c2)CCC3)ccc1OCCN1C(=O)CNC1=O. The summed E-state index contributed by atoms with van der Waals surface area (Å²) in [4.78, 5) is 38.8. The zero-order chi connectivity index (χ0) is 28.9. The Labute approximate surface area is 241 Å². The van der Waals surface area contributed by atoms with Crippen molar-refractivity contribution in [2.45, 2.75) is 64.5 Å². The number of rotatable bonds is 12. The van der Waals surface area contributed by atoms with Crippen molar-refractivity contribution in [2.75, 3.05) is 33.4 Å². The molecule has 0 bridgehead atoms. The highest BCUT2D eigenvalue weighted by Crippen LogP contribution is 2.35. The Morgan fingerprint density at radius 1 is 1.07 bits per heavy atom. The molecule has 1 saturated heterocycles. The second-order valence-corrected chi connectivity index (χ2v) is 11.6. The van der Waals surface area contributed by atoms with Crippen molar-refractivity contribution in [1.29, 1.82) is 0 Å². The van der Waals surface area contributed by atoms with Gasteiger partial charge >= 0.3 is 12.0 Å². The van der Waals surface area contributed by atoms with Crippen LogP contribution >= 0.6 is 0 Å². The van der Waals surface area contributed by atoms with Crippen LogP contribution in [0, 0.1) is 11.8 Å². The molecule has 2 N–H and O–H groups in total. The number of carboxylic acid groups (broad SMARTS) is 1. The molecule has 2 aromatic carbocycles. The van der Waals surface area contributed by atoms with E-state index in [2.05, 4.69) is 35.3 Å². The molecule has 2 aliphatic carbocycles. The van der Waals surface area contributed by atoms with Gasteiger partial charge in [-0.2, -0.15) is 0 Å². The number of nitrogens with zero attached hydrogens (tertiary/aromatic N) is 2. The number of carbonyl (C=O) groups excluding carboxylic acids is 2. The molecule has 0 spiro atoms. The number of carboxylic acids is 1. The number of aryl methyl sites for hydroxylation is 2.